The van der Waals surface area contributed by atoms with Crippen LogP contribution in [0, 0.1) is 13.8 Å². The summed E-state index contributed by atoms with van der Waals surface area (Å²) in [6.07, 6.45) is 1.00. The summed E-state index contributed by atoms with van der Waals surface area (Å²) in [4.78, 5) is 25.0. The quantitative estimate of drug-likeness (QED) is 0.641. The van der Waals surface area contributed by atoms with Gasteiger partial charge in [-0.3, -0.25) is 4.79 Å². The first-order valence-corrected chi connectivity index (χ1v) is 8.26. The van der Waals surface area contributed by atoms with Crippen molar-refractivity contribution in [2.45, 2.75) is 20.5 Å². The first-order chi connectivity index (χ1) is 12.5. The summed E-state index contributed by atoms with van der Waals surface area (Å²) in [7, 11) is 1.50. The van der Waals surface area contributed by atoms with E-state index in [0.29, 0.717) is 0 Å². The van der Waals surface area contributed by atoms with Gasteiger partial charge >= 0.3 is 6.09 Å². The Morgan fingerprint density at radius 1 is 1.12 bits per heavy atom. The SMILES string of the molecule is Cc1ccc(/C=N/NC(=O)CN(C)C(=O)OCc2ccccc2)cc1C. The van der Waals surface area contributed by atoms with Crippen molar-refractivity contribution in [3.8, 4) is 0 Å². The smallest absolute Gasteiger partial charge is 0.410 e. The highest BCUT2D eigenvalue weighted by atomic mass is 16.6. The maximum absolute atomic E-state index is 11.9. The number of ether oxygens (including phenoxy) is 1. The molecule has 0 heterocycles. The van der Waals surface area contributed by atoms with E-state index < -0.39 is 12.0 Å². The van der Waals surface area contributed by atoms with Crippen LogP contribution in [0.1, 0.15) is 22.3 Å². The zero-order chi connectivity index (χ0) is 18.9. The third-order valence-corrected chi connectivity index (χ3v) is 3.83. The molecule has 0 spiro atoms. The van der Waals surface area contributed by atoms with E-state index in [-0.39, 0.29) is 13.2 Å². The summed E-state index contributed by atoms with van der Waals surface area (Å²) in [5, 5.41) is 3.91. The number of nitrogens with one attached hydrogen (secondary N) is 1. The minimum atomic E-state index is -0.567. The van der Waals surface area contributed by atoms with Gasteiger partial charge < -0.3 is 9.64 Å². The Labute approximate surface area is 153 Å². The maximum atomic E-state index is 11.9. The van der Waals surface area contributed by atoms with Crippen LogP contribution in [-0.4, -0.2) is 36.7 Å². The molecular weight excluding hydrogens is 330 g/mol. The van der Waals surface area contributed by atoms with E-state index in [0.717, 1.165) is 16.7 Å². The molecule has 0 saturated carbocycles. The molecule has 0 aliphatic heterocycles. The Bertz CT molecular complexity index is 788. The fourth-order valence-electron chi connectivity index (χ4n) is 2.17. The molecule has 0 aliphatic carbocycles. The molecule has 0 bridgehead atoms. The summed E-state index contributed by atoms with van der Waals surface area (Å²) in [6, 6.07) is 15.3. The molecule has 6 heteroatoms. The van der Waals surface area contributed by atoms with Crippen LogP contribution in [0.25, 0.3) is 0 Å². The fourth-order valence-corrected chi connectivity index (χ4v) is 2.17. The summed E-state index contributed by atoms with van der Waals surface area (Å²) in [5.74, 6) is -0.399. The zero-order valence-corrected chi connectivity index (χ0v) is 15.2. The normalized spacial score (nSPS) is 10.6. The van der Waals surface area contributed by atoms with Crippen LogP contribution >= 0.6 is 0 Å². The van der Waals surface area contributed by atoms with Gasteiger partial charge in [0.1, 0.15) is 13.2 Å². The highest BCUT2D eigenvalue weighted by molar-refractivity contribution is 5.85. The third-order valence-electron chi connectivity index (χ3n) is 3.83. The predicted octanol–water partition coefficient (Wildman–Crippen LogP) is 3.02. The highest BCUT2D eigenvalue weighted by Crippen LogP contribution is 2.07. The lowest BCUT2D eigenvalue weighted by Crippen LogP contribution is -2.36. The van der Waals surface area contributed by atoms with Crippen molar-refractivity contribution < 1.29 is 14.3 Å². The van der Waals surface area contributed by atoms with Gasteiger partial charge in [0.2, 0.25) is 0 Å². The molecule has 0 saturated heterocycles. The molecule has 0 unspecified atom stereocenters. The van der Waals surface area contributed by atoms with Crippen molar-refractivity contribution in [1.29, 1.82) is 0 Å². The van der Waals surface area contributed by atoms with Crippen LogP contribution in [0.4, 0.5) is 4.79 Å². The topological polar surface area (TPSA) is 71.0 Å². The van der Waals surface area contributed by atoms with Crippen molar-refractivity contribution >= 4 is 18.2 Å². The van der Waals surface area contributed by atoms with Crippen molar-refractivity contribution in [3.63, 3.8) is 0 Å². The molecule has 136 valence electrons. The monoisotopic (exact) mass is 353 g/mol. The average molecular weight is 353 g/mol. The fraction of sp³-hybridized carbons (Fsp3) is 0.250. The third kappa shape index (κ3) is 6.05. The number of hydrogen-bond donors (Lipinski definition) is 1. The van der Waals surface area contributed by atoms with Crippen molar-refractivity contribution in [2.24, 2.45) is 5.10 Å². The van der Waals surface area contributed by atoms with Crippen LogP contribution in [-0.2, 0) is 16.1 Å². The minimum absolute atomic E-state index is 0.141. The number of hydrogen-bond acceptors (Lipinski definition) is 4. The van der Waals surface area contributed by atoms with E-state index in [1.807, 2.05) is 62.4 Å². The van der Waals surface area contributed by atoms with E-state index in [1.54, 1.807) is 6.21 Å². The zero-order valence-electron chi connectivity index (χ0n) is 15.2. The van der Waals surface area contributed by atoms with Crippen LogP contribution in [0.2, 0.25) is 0 Å². The summed E-state index contributed by atoms with van der Waals surface area (Å²) >= 11 is 0. The Hall–Kier alpha value is -3.15. The standard InChI is InChI=1S/C20H23N3O3/c1-15-9-10-18(11-16(15)2)12-21-22-19(24)13-23(3)20(25)26-14-17-7-5-4-6-8-17/h4-12H,13-14H2,1-3H3,(H,22,24)/b21-12+. The second-order valence-corrected chi connectivity index (χ2v) is 6.03. The molecule has 6 nitrogen and oxygen atoms in total. The number of carbonyl (C=O) groups is 2. The predicted molar refractivity (Wildman–Crippen MR) is 101 cm³/mol. The Kier molecular flexibility index (Phi) is 6.91. The highest BCUT2D eigenvalue weighted by Gasteiger charge is 2.13. The van der Waals surface area contributed by atoms with Crippen LogP contribution < -0.4 is 5.43 Å². The van der Waals surface area contributed by atoms with Gasteiger partial charge in [0, 0.05) is 7.05 Å². The van der Waals surface area contributed by atoms with Crippen molar-refractivity contribution in [1.82, 2.24) is 10.3 Å². The van der Waals surface area contributed by atoms with Crippen molar-refractivity contribution in [3.05, 3.63) is 70.8 Å². The van der Waals surface area contributed by atoms with Crippen LogP contribution in [0.3, 0.4) is 0 Å². The van der Waals surface area contributed by atoms with Gasteiger partial charge in [0.15, 0.2) is 0 Å². The Morgan fingerprint density at radius 3 is 2.54 bits per heavy atom. The van der Waals surface area contributed by atoms with Gasteiger partial charge in [-0.2, -0.15) is 5.10 Å². The molecule has 1 N–H and O–H groups in total. The molecule has 0 aliphatic rings. The molecule has 2 amide bonds. The Morgan fingerprint density at radius 2 is 1.85 bits per heavy atom. The molecule has 2 aromatic rings. The average Bonchev–Trinajstić information content (AvgIpc) is 2.63. The van der Waals surface area contributed by atoms with E-state index in [1.165, 1.54) is 17.5 Å². The largest absolute Gasteiger partial charge is 0.445 e. The van der Waals surface area contributed by atoms with Gasteiger partial charge in [-0.25, -0.2) is 10.2 Å². The second-order valence-electron chi connectivity index (χ2n) is 6.03. The second kappa shape index (κ2) is 9.36. The number of hydrazone groups is 1. The van der Waals surface area contributed by atoms with Crippen LogP contribution in [0.15, 0.2) is 53.6 Å². The molecule has 2 aromatic carbocycles. The first kappa shape index (κ1) is 19.2. The summed E-state index contributed by atoms with van der Waals surface area (Å²) in [5.41, 5.74) is 6.53. The molecular formula is C20H23N3O3. The molecule has 26 heavy (non-hydrogen) atoms. The van der Waals surface area contributed by atoms with Gasteiger partial charge in [-0.1, -0.05) is 48.5 Å². The lowest BCUT2D eigenvalue weighted by molar-refractivity contribution is -0.121. The van der Waals surface area contributed by atoms with E-state index in [4.69, 9.17) is 4.74 Å². The number of likely N-dealkylation sites (N-methyl/N-ethyl adjacent to an activating group) is 1. The van der Waals surface area contributed by atoms with Gasteiger partial charge in [-0.15, -0.1) is 0 Å². The molecule has 0 fully saturated rings. The number of amides is 2. The molecule has 0 aromatic heterocycles. The first-order valence-electron chi connectivity index (χ1n) is 8.26. The van der Waals surface area contributed by atoms with E-state index in [2.05, 4.69) is 10.5 Å². The lowest BCUT2D eigenvalue weighted by atomic mass is 10.1. The number of carbonyl (C=O) groups excluding carboxylic acids is 2. The number of rotatable bonds is 6. The number of aryl methyl sites for hydroxylation is 2. The summed E-state index contributed by atoms with van der Waals surface area (Å²) in [6.45, 7) is 4.07. The number of nitrogens with zero attached hydrogens (tertiary/aromatic N) is 2. The lowest BCUT2D eigenvalue weighted by Gasteiger charge is -2.15. The van der Waals surface area contributed by atoms with Gasteiger partial charge in [0.05, 0.1) is 6.21 Å². The number of benzene rings is 2. The Balaban J connectivity index is 1.76. The maximum Gasteiger partial charge on any atom is 0.410 e. The van der Waals surface area contributed by atoms with E-state index in [9.17, 15) is 9.59 Å². The van der Waals surface area contributed by atoms with Crippen molar-refractivity contribution in [2.75, 3.05) is 13.6 Å². The van der Waals surface area contributed by atoms with E-state index >= 15 is 0 Å². The minimum Gasteiger partial charge on any atom is -0.445 e. The van der Waals surface area contributed by atoms with Gasteiger partial charge in [0.25, 0.3) is 5.91 Å². The molecule has 0 atom stereocenters. The summed E-state index contributed by atoms with van der Waals surface area (Å²) < 4.78 is 5.16. The molecule has 0 radical (unpaired) electrons. The molecule has 2 rings (SSSR count). The van der Waals surface area contributed by atoms with Gasteiger partial charge in [-0.05, 0) is 36.1 Å². The van der Waals surface area contributed by atoms with Crippen LogP contribution in [0.5, 0.6) is 0 Å².